The van der Waals surface area contributed by atoms with E-state index >= 15 is 0 Å². The minimum Gasteiger partial charge on any atom is -0.497 e. The van der Waals surface area contributed by atoms with Crippen molar-refractivity contribution < 1.29 is 23.8 Å². The van der Waals surface area contributed by atoms with Crippen LogP contribution in [0.2, 0.25) is 0 Å². The zero-order valence-corrected chi connectivity index (χ0v) is 16.8. The molecule has 28 heavy (non-hydrogen) atoms. The van der Waals surface area contributed by atoms with Crippen LogP contribution >= 0.6 is 0 Å². The van der Waals surface area contributed by atoms with Crippen LogP contribution in [0, 0.1) is 23.2 Å². The molecule has 1 heterocycles. The van der Waals surface area contributed by atoms with Crippen LogP contribution < -0.4 is 4.74 Å². The molecule has 2 saturated carbocycles. The van der Waals surface area contributed by atoms with Crippen molar-refractivity contribution in [2.24, 2.45) is 23.2 Å². The highest BCUT2D eigenvalue weighted by Gasteiger charge is 2.66. The third kappa shape index (κ3) is 3.21. The lowest BCUT2D eigenvalue weighted by atomic mass is 9.79. The Morgan fingerprint density at radius 2 is 2.21 bits per heavy atom. The molecule has 0 aromatic heterocycles. The number of ether oxygens (including phenoxy) is 3. The molecule has 4 rings (SSSR count). The predicted molar refractivity (Wildman–Crippen MR) is 104 cm³/mol. The molecule has 6 atom stereocenters. The number of esters is 2. The molecule has 0 spiro atoms. The summed E-state index contributed by atoms with van der Waals surface area (Å²) in [4.78, 5) is 24.1. The van der Waals surface area contributed by atoms with Crippen molar-refractivity contribution in [1.29, 1.82) is 0 Å². The van der Waals surface area contributed by atoms with E-state index in [0.717, 1.165) is 25.7 Å². The topological polar surface area (TPSA) is 61.8 Å². The Morgan fingerprint density at radius 1 is 1.43 bits per heavy atom. The molecular weight excluding hydrogens is 356 g/mol. The zero-order valence-electron chi connectivity index (χ0n) is 16.8. The SMILES string of the molecule is C=C1C(=O)O[C@@H]2C[C@]3(C)C(CCC(C)OC(=O)c4cccc(OC)c4)[C@@H]3C[C@H]12. The molecule has 3 fully saturated rings. The lowest BCUT2D eigenvalue weighted by molar-refractivity contribution is -0.140. The number of carbonyl (C=O) groups is 2. The molecule has 0 radical (unpaired) electrons. The van der Waals surface area contributed by atoms with Gasteiger partial charge in [0.05, 0.1) is 18.8 Å². The van der Waals surface area contributed by atoms with E-state index < -0.39 is 0 Å². The number of benzene rings is 1. The fourth-order valence-corrected chi connectivity index (χ4v) is 5.36. The van der Waals surface area contributed by atoms with Crippen molar-refractivity contribution in [3.8, 4) is 5.75 Å². The lowest BCUT2D eigenvalue weighted by Crippen LogP contribution is -2.26. The molecule has 2 unspecified atom stereocenters. The Kier molecular flexibility index (Phi) is 4.72. The van der Waals surface area contributed by atoms with Crippen LogP contribution in [0.1, 0.15) is 49.9 Å². The van der Waals surface area contributed by atoms with Gasteiger partial charge in [0.2, 0.25) is 0 Å². The van der Waals surface area contributed by atoms with Gasteiger partial charge >= 0.3 is 11.9 Å². The Bertz CT molecular complexity index is 815. The average Bonchev–Trinajstić information content (AvgIpc) is 3.16. The van der Waals surface area contributed by atoms with Gasteiger partial charge in [-0.05, 0) is 68.1 Å². The second-order valence-electron chi connectivity index (χ2n) is 8.76. The first-order valence-electron chi connectivity index (χ1n) is 10.1. The van der Waals surface area contributed by atoms with Gasteiger partial charge in [0.25, 0.3) is 0 Å². The molecule has 5 nitrogen and oxygen atoms in total. The second-order valence-corrected chi connectivity index (χ2v) is 8.76. The Labute approximate surface area is 166 Å². The summed E-state index contributed by atoms with van der Waals surface area (Å²) in [5, 5.41) is 0. The number of rotatable bonds is 6. The lowest BCUT2D eigenvalue weighted by Gasteiger charge is -2.27. The fourth-order valence-electron chi connectivity index (χ4n) is 5.36. The summed E-state index contributed by atoms with van der Waals surface area (Å²) < 4.78 is 16.3. The van der Waals surface area contributed by atoms with Gasteiger partial charge in [0, 0.05) is 11.5 Å². The number of carbonyl (C=O) groups excluding carboxylic acids is 2. The van der Waals surface area contributed by atoms with Gasteiger partial charge in [-0.2, -0.15) is 0 Å². The van der Waals surface area contributed by atoms with E-state index in [1.54, 1.807) is 31.4 Å². The summed E-state index contributed by atoms with van der Waals surface area (Å²) in [7, 11) is 1.58. The first-order valence-corrected chi connectivity index (χ1v) is 10.1. The number of hydrogen-bond acceptors (Lipinski definition) is 5. The number of methoxy groups -OCH3 is 1. The Morgan fingerprint density at radius 3 is 2.96 bits per heavy atom. The highest BCUT2D eigenvalue weighted by atomic mass is 16.6. The van der Waals surface area contributed by atoms with Crippen LogP contribution in [0.3, 0.4) is 0 Å². The van der Waals surface area contributed by atoms with Crippen molar-refractivity contribution in [2.75, 3.05) is 7.11 Å². The van der Waals surface area contributed by atoms with Gasteiger partial charge < -0.3 is 14.2 Å². The number of hydrogen-bond donors (Lipinski definition) is 0. The molecule has 0 N–H and O–H groups in total. The predicted octanol–water partition coefficient (Wildman–Crippen LogP) is 4.16. The van der Waals surface area contributed by atoms with Crippen molar-refractivity contribution in [3.05, 3.63) is 42.0 Å². The van der Waals surface area contributed by atoms with E-state index in [9.17, 15) is 9.59 Å². The highest BCUT2D eigenvalue weighted by molar-refractivity contribution is 5.91. The van der Waals surface area contributed by atoms with Gasteiger partial charge in [0.1, 0.15) is 11.9 Å². The third-order valence-corrected chi connectivity index (χ3v) is 7.13. The molecule has 150 valence electrons. The number of fused-ring (bicyclic) bond motifs is 2. The minimum atomic E-state index is -0.316. The molecule has 0 bridgehead atoms. The summed E-state index contributed by atoms with van der Waals surface area (Å²) in [5.41, 5.74) is 1.40. The largest absolute Gasteiger partial charge is 0.497 e. The summed E-state index contributed by atoms with van der Waals surface area (Å²) in [6.07, 6.45) is 3.65. The fraction of sp³-hybridized carbons (Fsp3) is 0.565. The molecule has 1 aliphatic heterocycles. The molecule has 3 aliphatic rings. The molecule has 5 heteroatoms. The van der Waals surface area contributed by atoms with Crippen molar-refractivity contribution in [2.45, 2.75) is 51.7 Å². The van der Waals surface area contributed by atoms with Crippen LogP contribution in [0.5, 0.6) is 5.75 Å². The first kappa shape index (κ1) is 19.0. The summed E-state index contributed by atoms with van der Waals surface area (Å²) >= 11 is 0. The molecule has 2 aliphatic carbocycles. The molecule has 1 aromatic carbocycles. The Hall–Kier alpha value is -2.30. The summed E-state index contributed by atoms with van der Waals surface area (Å²) in [6.45, 7) is 8.18. The van der Waals surface area contributed by atoms with Gasteiger partial charge in [-0.1, -0.05) is 19.6 Å². The van der Waals surface area contributed by atoms with E-state index in [4.69, 9.17) is 14.2 Å². The van der Waals surface area contributed by atoms with E-state index in [-0.39, 0.29) is 35.5 Å². The van der Waals surface area contributed by atoms with Crippen LogP contribution in [0.25, 0.3) is 0 Å². The van der Waals surface area contributed by atoms with Gasteiger partial charge in [0.15, 0.2) is 0 Å². The smallest absolute Gasteiger partial charge is 0.338 e. The molecule has 1 aromatic rings. The van der Waals surface area contributed by atoms with Crippen LogP contribution in [-0.4, -0.2) is 31.3 Å². The van der Waals surface area contributed by atoms with Crippen LogP contribution in [0.4, 0.5) is 0 Å². The van der Waals surface area contributed by atoms with Crippen molar-refractivity contribution in [1.82, 2.24) is 0 Å². The highest BCUT2D eigenvalue weighted by Crippen LogP contribution is 2.70. The van der Waals surface area contributed by atoms with E-state index in [1.165, 1.54) is 0 Å². The van der Waals surface area contributed by atoms with Crippen LogP contribution in [0.15, 0.2) is 36.4 Å². The maximum Gasteiger partial charge on any atom is 0.338 e. The van der Waals surface area contributed by atoms with Gasteiger partial charge in [-0.15, -0.1) is 0 Å². The molecule has 1 saturated heterocycles. The Balaban J connectivity index is 1.29. The zero-order chi connectivity index (χ0) is 20.1. The molecular formula is C23H28O5. The van der Waals surface area contributed by atoms with E-state index in [1.807, 2.05) is 6.92 Å². The van der Waals surface area contributed by atoms with E-state index in [2.05, 4.69) is 13.5 Å². The van der Waals surface area contributed by atoms with Crippen molar-refractivity contribution >= 4 is 11.9 Å². The normalized spacial score (nSPS) is 34.1. The molecule has 0 amide bonds. The summed E-state index contributed by atoms with van der Waals surface area (Å²) in [6, 6.07) is 7.02. The standard InChI is InChI=1S/C23H28O5/c1-13(27-22(25)15-6-5-7-16(10-15)26-4)8-9-18-19-11-17-14(2)21(24)28-20(17)12-23(18,19)3/h5-7,10,13,17-20H,2,8-9,11-12H2,1,3-4H3/t13?,17-,18?,19+,20-,23-/m1/s1. The monoisotopic (exact) mass is 384 g/mol. The first-order chi connectivity index (χ1) is 13.3. The van der Waals surface area contributed by atoms with Crippen molar-refractivity contribution in [3.63, 3.8) is 0 Å². The quantitative estimate of drug-likeness (QED) is 0.544. The second kappa shape index (κ2) is 6.94. The average molecular weight is 384 g/mol. The van der Waals surface area contributed by atoms with E-state index in [0.29, 0.717) is 28.7 Å². The maximum atomic E-state index is 12.4. The summed E-state index contributed by atoms with van der Waals surface area (Å²) in [5.74, 6) is 1.52. The van der Waals surface area contributed by atoms with Gasteiger partial charge in [-0.25, -0.2) is 9.59 Å². The maximum absolute atomic E-state index is 12.4. The van der Waals surface area contributed by atoms with Crippen LogP contribution in [-0.2, 0) is 14.3 Å². The minimum absolute atomic E-state index is 0.00885. The third-order valence-electron chi connectivity index (χ3n) is 7.13. The van der Waals surface area contributed by atoms with Gasteiger partial charge in [-0.3, -0.25) is 0 Å².